The first kappa shape index (κ1) is 18.6. The van der Waals surface area contributed by atoms with Gasteiger partial charge in [-0.25, -0.2) is 9.67 Å². The zero-order valence-corrected chi connectivity index (χ0v) is 16.9. The normalized spacial score (nSPS) is 14.6. The molecule has 0 atom stereocenters. The van der Waals surface area contributed by atoms with Crippen LogP contribution in [0.2, 0.25) is 0 Å². The van der Waals surface area contributed by atoms with E-state index in [4.69, 9.17) is 10.1 Å². The first-order valence-corrected chi connectivity index (χ1v) is 10.6. The summed E-state index contributed by atoms with van der Waals surface area (Å²) in [6, 6.07) is 23.5. The number of aromatic nitrogens is 3. The number of nitrogens with zero attached hydrogens (tertiary/aromatic N) is 4. The molecule has 5 nitrogen and oxygen atoms in total. The SMILES string of the molecule is O=c1cc2n(-c3ccccc3)nc(-c3ccccc3)nc-2cc1N1CCCCCC1. The Balaban J connectivity index is 1.72. The lowest BCUT2D eigenvalue weighted by atomic mass is 10.1. The highest BCUT2D eigenvalue weighted by Gasteiger charge is 2.20. The second-order valence-corrected chi connectivity index (χ2v) is 7.76. The summed E-state index contributed by atoms with van der Waals surface area (Å²) in [4.78, 5) is 20.2. The first-order valence-electron chi connectivity index (χ1n) is 10.6. The van der Waals surface area contributed by atoms with Gasteiger partial charge in [0, 0.05) is 24.7 Å². The molecule has 1 saturated heterocycles. The smallest absolute Gasteiger partial charge is 0.204 e. The van der Waals surface area contributed by atoms with E-state index in [9.17, 15) is 4.79 Å². The van der Waals surface area contributed by atoms with Crippen LogP contribution >= 0.6 is 0 Å². The van der Waals surface area contributed by atoms with Gasteiger partial charge in [-0.2, -0.15) is 0 Å². The molecule has 5 heteroatoms. The molecule has 2 aromatic carbocycles. The number of anilines is 1. The molecule has 0 bridgehead atoms. The molecular weight excluding hydrogens is 372 g/mol. The van der Waals surface area contributed by atoms with E-state index in [1.54, 1.807) is 6.07 Å². The van der Waals surface area contributed by atoms with Crippen LogP contribution in [0.15, 0.2) is 77.6 Å². The Bertz CT molecular complexity index is 1160. The highest BCUT2D eigenvalue weighted by atomic mass is 16.1. The molecule has 0 N–H and O–H groups in total. The number of benzene rings is 3. The van der Waals surface area contributed by atoms with Crippen LogP contribution in [-0.4, -0.2) is 27.9 Å². The molecule has 3 aliphatic rings. The Kier molecular flexibility index (Phi) is 5.01. The van der Waals surface area contributed by atoms with Gasteiger partial charge in [-0.3, -0.25) is 4.79 Å². The van der Waals surface area contributed by atoms with Gasteiger partial charge in [0.2, 0.25) is 5.43 Å². The van der Waals surface area contributed by atoms with Crippen LogP contribution < -0.4 is 10.3 Å². The lowest BCUT2D eigenvalue weighted by molar-refractivity contribution is 0.726. The average molecular weight is 396 g/mol. The molecule has 5 rings (SSSR count). The van der Waals surface area contributed by atoms with Crippen molar-refractivity contribution >= 4 is 5.69 Å². The molecular formula is C25H24N4O. The Morgan fingerprint density at radius 1 is 0.767 bits per heavy atom. The molecule has 0 spiro atoms. The fraction of sp³-hybridized carbons (Fsp3) is 0.240. The van der Waals surface area contributed by atoms with Crippen molar-refractivity contribution in [1.82, 2.24) is 14.8 Å². The molecule has 0 saturated carbocycles. The summed E-state index contributed by atoms with van der Waals surface area (Å²) >= 11 is 0. The number of hydrogen-bond acceptors (Lipinski definition) is 4. The van der Waals surface area contributed by atoms with Crippen molar-refractivity contribution in [3.63, 3.8) is 0 Å². The fourth-order valence-electron chi connectivity index (χ4n) is 4.13. The van der Waals surface area contributed by atoms with Crippen LogP contribution in [-0.2, 0) is 0 Å². The molecule has 0 aromatic heterocycles. The molecule has 2 heterocycles. The summed E-state index contributed by atoms with van der Waals surface area (Å²) in [6.45, 7) is 1.85. The average Bonchev–Trinajstić information content (AvgIpc) is 3.09. The molecule has 2 aromatic rings. The number of fused-ring (bicyclic) bond motifs is 1. The minimum absolute atomic E-state index is 0.0325. The maximum Gasteiger partial charge on any atom is 0.204 e. The summed E-state index contributed by atoms with van der Waals surface area (Å²) < 4.78 is 1.83. The standard InChI is InChI=1S/C25H24N4O/c30-24-18-22-21(17-23(24)28-15-9-1-2-10-16-28)26-25(19-11-5-3-6-12-19)27-29(22)20-13-7-4-8-14-20/h3-8,11-14,17-18H,1-2,9-10,15-16H2. The van der Waals surface area contributed by atoms with E-state index in [0.29, 0.717) is 5.82 Å². The zero-order valence-electron chi connectivity index (χ0n) is 16.9. The summed E-state index contributed by atoms with van der Waals surface area (Å²) in [5.74, 6) is 0.646. The maximum absolute atomic E-state index is 13.1. The highest BCUT2D eigenvalue weighted by Crippen LogP contribution is 2.28. The van der Waals surface area contributed by atoms with Crippen molar-refractivity contribution < 1.29 is 0 Å². The Hall–Kier alpha value is -3.47. The second-order valence-electron chi connectivity index (χ2n) is 7.76. The molecule has 1 aliphatic carbocycles. The highest BCUT2D eigenvalue weighted by molar-refractivity contribution is 5.69. The van der Waals surface area contributed by atoms with Crippen LogP contribution in [0, 0.1) is 0 Å². The van der Waals surface area contributed by atoms with Gasteiger partial charge in [0.25, 0.3) is 0 Å². The van der Waals surface area contributed by atoms with Crippen molar-refractivity contribution in [2.24, 2.45) is 0 Å². The third kappa shape index (κ3) is 3.59. The largest absolute Gasteiger partial charge is 0.368 e. The maximum atomic E-state index is 13.1. The fourth-order valence-corrected chi connectivity index (χ4v) is 4.13. The number of para-hydroxylation sites is 1. The van der Waals surface area contributed by atoms with E-state index in [1.165, 1.54) is 12.8 Å². The molecule has 0 unspecified atom stereocenters. The lowest BCUT2D eigenvalue weighted by Gasteiger charge is -2.23. The minimum atomic E-state index is 0.0325. The molecule has 2 aliphatic heterocycles. The van der Waals surface area contributed by atoms with Crippen molar-refractivity contribution in [1.29, 1.82) is 0 Å². The quantitative estimate of drug-likeness (QED) is 0.500. The minimum Gasteiger partial charge on any atom is -0.368 e. The third-order valence-corrected chi connectivity index (χ3v) is 5.68. The Labute approximate surface area is 176 Å². The predicted molar refractivity (Wildman–Crippen MR) is 120 cm³/mol. The van der Waals surface area contributed by atoms with Gasteiger partial charge in [0.1, 0.15) is 0 Å². The molecule has 150 valence electrons. The third-order valence-electron chi connectivity index (χ3n) is 5.68. The van der Waals surface area contributed by atoms with Gasteiger partial charge in [0.05, 0.1) is 22.8 Å². The van der Waals surface area contributed by atoms with Crippen LogP contribution in [0.5, 0.6) is 0 Å². The van der Waals surface area contributed by atoms with Gasteiger partial charge in [0.15, 0.2) is 5.82 Å². The predicted octanol–water partition coefficient (Wildman–Crippen LogP) is 4.78. The van der Waals surface area contributed by atoms with Crippen LogP contribution in [0.4, 0.5) is 5.69 Å². The molecule has 0 radical (unpaired) electrons. The van der Waals surface area contributed by atoms with Gasteiger partial charge in [-0.05, 0) is 31.0 Å². The second kappa shape index (κ2) is 8.11. The van der Waals surface area contributed by atoms with Gasteiger partial charge >= 0.3 is 0 Å². The van der Waals surface area contributed by atoms with Gasteiger partial charge < -0.3 is 4.90 Å². The van der Waals surface area contributed by atoms with E-state index >= 15 is 0 Å². The molecule has 0 amide bonds. The van der Waals surface area contributed by atoms with E-state index in [-0.39, 0.29) is 5.43 Å². The summed E-state index contributed by atoms with van der Waals surface area (Å²) in [6.07, 6.45) is 4.71. The zero-order chi connectivity index (χ0) is 20.3. The molecule has 1 fully saturated rings. The van der Waals surface area contributed by atoms with Crippen molar-refractivity contribution in [3.8, 4) is 28.5 Å². The number of rotatable bonds is 3. The van der Waals surface area contributed by atoms with E-state index < -0.39 is 0 Å². The van der Waals surface area contributed by atoms with E-state index in [0.717, 1.165) is 54.3 Å². The monoisotopic (exact) mass is 396 g/mol. The summed E-state index contributed by atoms with van der Waals surface area (Å²) in [7, 11) is 0. The van der Waals surface area contributed by atoms with E-state index in [2.05, 4.69) is 4.90 Å². The number of hydrogen-bond donors (Lipinski definition) is 0. The Morgan fingerprint density at radius 3 is 2.13 bits per heavy atom. The van der Waals surface area contributed by atoms with Crippen molar-refractivity contribution in [3.05, 3.63) is 83.0 Å². The van der Waals surface area contributed by atoms with Crippen molar-refractivity contribution in [2.75, 3.05) is 18.0 Å². The Morgan fingerprint density at radius 2 is 1.43 bits per heavy atom. The molecule has 30 heavy (non-hydrogen) atoms. The van der Waals surface area contributed by atoms with Crippen molar-refractivity contribution in [2.45, 2.75) is 25.7 Å². The van der Waals surface area contributed by atoms with Crippen LogP contribution in [0.1, 0.15) is 25.7 Å². The van der Waals surface area contributed by atoms with Crippen LogP contribution in [0.3, 0.4) is 0 Å². The van der Waals surface area contributed by atoms with E-state index in [1.807, 2.05) is 71.4 Å². The lowest BCUT2D eigenvalue weighted by Crippen LogP contribution is -2.29. The van der Waals surface area contributed by atoms with Gasteiger partial charge in [-0.1, -0.05) is 61.4 Å². The topological polar surface area (TPSA) is 51.0 Å². The first-order chi connectivity index (χ1) is 14.8. The van der Waals surface area contributed by atoms with Crippen LogP contribution in [0.25, 0.3) is 28.5 Å². The summed E-state index contributed by atoms with van der Waals surface area (Å²) in [5.41, 5.74) is 4.15. The summed E-state index contributed by atoms with van der Waals surface area (Å²) in [5, 5.41) is 4.79. The van der Waals surface area contributed by atoms with Gasteiger partial charge in [-0.15, -0.1) is 5.10 Å².